The molecule has 1 saturated carbocycles. The number of ether oxygens (including phenoxy) is 4. The van der Waals surface area contributed by atoms with Gasteiger partial charge in [0, 0.05) is 44.0 Å². The molecular weight excluding hydrogens is 422 g/mol. The average Bonchev–Trinajstić information content (AvgIpc) is 3.37. The van der Waals surface area contributed by atoms with Crippen LogP contribution in [0.1, 0.15) is 25.7 Å². The molecule has 8 heteroatoms. The molecule has 2 amide bonds. The molecule has 0 unspecified atom stereocenters. The summed E-state index contributed by atoms with van der Waals surface area (Å²) >= 11 is 0. The lowest BCUT2D eigenvalue weighted by molar-refractivity contribution is 0.201. The van der Waals surface area contributed by atoms with Gasteiger partial charge < -0.3 is 34.1 Å². The summed E-state index contributed by atoms with van der Waals surface area (Å²) in [5.74, 6) is 2.88. The van der Waals surface area contributed by atoms with Crippen LogP contribution in [0.5, 0.6) is 23.0 Å². The maximum Gasteiger partial charge on any atom is 0.321 e. The first-order chi connectivity index (χ1) is 16.1. The van der Waals surface area contributed by atoms with E-state index in [2.05, 4.69) is 10.2 Å². The number of carbonyl (C=O) groups excluding carboxylic acids is 1. The van der Waals surface area contributed by atoms with E-state index in [1.165, 1.54) is 12.8 Å². The summed E-state index contributed by atoms with van der Waals surface area (Å²) in [7, 11) is 4.92. The molecule has 0 bridgehead atoms. The number of nitrogens with one attached hydrogen (secondary N) is 1. The molecule has 1 saturated heterocycles. The van der Waals surface area contributed by atoms with Gasteiger partial charge in [0.1, 0.15) is 11.5 Å². The molecule has 1 N–H and O–H groups in total. The van der Waals surface area contributed by atoms with Crippen LogP contribution in [0.4, 0.5) is 16.2 Å². The minimum absolute atomic E-state index is 0.117. The number of methoxy groups -OCH3 is 3. The number of benzene rings is 2. The molecule has 8 nitrogen and oxygen atoms in total. The zero-order valence-corrected chi connectivity index (χ0v) is 19.6. The van der Waals surface area contributed by atoms with Gasteiger partial charge in [0.15, 0.2) is 11.5 Å². The fraction of sp³-hybridized carbons (Fsp3) is 0.480. The summed E-state index contributed by atoms with van der Waals surface area (Å²) < 4.78 is 22.4. The van der Waals surface area contributed by atoms with Crippen molar-refractivity contribution in [3.63, 3.8) is 0 Å². The number of piperazine rings is 1. The van der Waals surface area contributed by atoms with Crippen LogP contribution in [0.25, 0.3) is 0 Å². The van der Waals surface area contributed by atoms with Crippen molar-refractivity contribution >= 4 is 17.4 Å². The fourth-order valence-corrected chi connectivity index (χ4v) is 4.43. The van der Waals surface area contributed by atoms with Crippen molar-refractivity contribution in [3.05, 3.63) is 36.4 Å². The number of carbonyl (C=O) groups is 1. The molecular formula is C25H33N3O5. The maximum absolute atomic E-state index is 12.9. The van der Waals surface area contributed by atoms with Crippen molar-refractivity contribution in [2.24, 2.45) is 0 Å². The summed E-state index contributed by atoms with van der Waals surface area (Å²) in [6.07, 6.45) is 4.72. The van der Waals surface area contributed by atoms with Crippen molar-refractivity contribution in [1.82, 2.24) is 4.90 Å². The lowest BCUT2D eigenvalue weighted by Crippen LogP contribution is -2.50. The van der Waals surface area contributed by atoms with Crippen molar-refractivity contribution in [1.29, 1.82) is 0 Å². The largest absolute Gasteiger partial charge is 0.497 e. The van der Waals surface area contributed by atoms with E-state index in [-0.39, 0.29) is 12.1 Å². The highest BCUT2D eigenvalue weighted by atomic mass is 16.5. The van der Waals surface area contributed by atoms with Gasteiger partial charge in [-0.05, 0) is 49.9 Å². The number of rotatable bonds is 7. The molecule has 0 spiro atoms. The van der Waals surface area contributed by atoms with Gasteiger partial charge in [0.05, 0.1) is 33.1 Å². The van der Waals surface area contributed by atoms with Crippen LogP contribution in [0.15, 0.2) is 36.4 Å². The molecule has 2 fully saturated rings. The van der Waals surface area contributed by atoms with E-state index in [1.54, 1.807) is 21.3 Å². The Bertz CT molecular complexity index is 953. The molecule has 0 aromatic heterocycles. The Labute approximate surface area is 195 Å². The second-order valence-electron chi connectivity index (χ2n) is 8.33. The van der Waals surface area contributed by atoms with E-state index in [4.69, 9.17) is 18.9 Å². The van der Waals surface area contributed by atoms with Gasteiger partial charge in [0.2, 0.25) is 0 Å². The molecule has 2 aromatic rings. The van der Waals surface area contributed by atoms with Crippen LogP contribution in [-0.4, -0.2) is 64.5 Å². The lowest BCUT2D eigenvalue weighted by Gasteiger charge is -2.36. The fourth-order valence-electron chi connectivity index (χ4n) is 4.43. The van der Waals surface area contributed by atoms with Crippen LogP contribution in [-0.2, 0) is 0 Å². The molecule has 0 atom stereocenters. The third kappa shape index (κ3) is 5.38. The Kier molecular flexibility index (Phi) is 7.32. The molecule has 178 valence electrons. The van der Waals surface area contributed by atoms with Gasteiger partial charge in [-0.2, -0.15) is 0 Å². The monoisotopic (exact) mass is 455 g/mol. The van der Waals surface area contributed by atoms with Gasteiger partial charge in [-0.15, -0.1) is 0 Å². The average molecular weight is 456 g/mol. The third-order valence-electron chi connectivity index (χ3n) is 6.31. The standard InChI is InChI=1S/C25H33N3O5/c1-30-20-9-10-21(23(17-20)32-3)27-12-14-28(15-13-27)25(29)26-18-8-11-22(31-2)24(16-18)33-19-6-4-5-7-19/h8-11,16-17,19H,4-7,12-15H2,1-3H3,(H,26,29). The van der Waals surface area contributed by atoms with Crippen molar-refractivity contribution < 1.29 is 23.7 Å². The molecule has 1 aliphatic heterocycles. The maximum atomic E-state index is 12.9. The van der Waals surface area contributed by atoms with Crippen molar-refractivity contribution in [2.75, 3.05) is 57.7 Å². The summed E-state index contributed by atoms with van der Waals surface area (Å²) in [6.45, 7) is 2.66. The molecule has 4 rings (SSSR count). The SMILES string of the molecule is COc1ccc(N2CCN(C(=O)Nc3ccc(OC)c(OC4CCCC4)c3)CC2)c(OC)c1. The Morgan fingerprint density at radius 2 is 1.58 bits per heavy atom. The normalized spacial score (nSPS) is 16.5. The van der Waals surface area contributed by atoms with Crippen LogP contribution in [0.2, 0.25) is 0 Å². The number of hydrogen-bond acceptors (Lipinski definition) is 6. The Hall–Kier alpha value is -3.29. The first kappa shape index (κ1) is 22.9. The van der Waals surface area contributed by atoms with Gasteiger partial charge in [-0.1, -0.05) is 0 Å². The molecule has 2 aromatic carbocycles. The van der Waals surface area contributed by atoms with Crippen molar-refractivity contribution in [3.8, 4) is 23.0 Å². The number of amides is 2. The van der Waals surface area contributed by atoms with Gasteiger partial charge in [0.25, 0.3) is 0 Å². The predicted molar refractivity (Wildman–Crippen MR) is 128 cm³/mol. The lowest BCUT2D eigenvalue weighted by atomic mass is 10.2. The molecule has 33 heavy (non-hydrogen) atoms. The highest BCUT2D eigenvalue weighted by Gasteiger charge is 2.24. The summed E-state index contributed by atoms with van der Waals surface area (Å²) in [6, 6.07) is 11.2. The number of hydrogen-bond donors (Lipinski definition) is 1. The van der Waals surface area contributed by atoms with E-state index in [0.717, 1.165) is 43.1 Å². The zero-order valence-electron chi connectivity index (χ0n) is 19.6. The highest BCUT2D eigenvalue weighted by molar-refractivity contribution is 5.90. The molecule has 0 radical (unpaired) electrons. The topological polar surface area (TPSA) is 72.5 Å². The first-order valence-electron chi connectivity index (χ1n) is 11.5. The van der Waals surface area contributed by atoms with E-state index < -0.39 is 0 Å². The quantitative estimate of drug-likeness (QED) is 0.668. The minimum Gasteiger partial charge on any atom is -0.497 e. The number of urea groups is 1. The second-order valence-corrected chi connectivity index (χ2v) is 8.33. The van der Waals surface area contributed by atoms with E-state index in [0.29, 0.717) is 30.3 Å². The Balaban J connectivity index is 1.36. The van der Waals surface area contributed by atoms with Crippen molar-refractivity contribution in [2.45, 2.75) is 31.8 Å². The van der Waals surface area contributed by atoms with Crippen LogP contribution < -0.4 is 29.2 Å². The van der Waals surface area contributed by atoms with Gasteiger partial charge in [-0.25, -0.2) is 4.79 Å². The van der Waals surface area contributed by atoms with E-state index in [9.17, 15) is 4.79 Å². The third-order valence-corrected chi connectivity index (χ3v) is 6.31. The molecule has 2 aliphatic rings. The van der Waals surface area contributed by atoms with E-state index in [1.807, 2.05) is 41.3 Å². The van der Waals surface area contributed by atoms with Crippen LogP contribution in [0, 0.1) is 0 Å². The van der Waals surface area contributed by atoms with Crippen LogP contribution >= 0.6 is 0 Å². The molecule has 1 aliphatic carbocycles. The first-order valence-corrected chi connectivity index (χ1v) is 11.5. The minimum atomic E-state index is -0.117. The Morgan fingerprint density at radius 1 is 0.848 bits per heavy atom. The summed E-state index contributed by atoms with van der Waals surface area (Å²) in [5.41, 5.74) is 1.70. The number of anilines is 2. The predicted octanol–water partition coefficient (Wildman–Crippen LogP) is 4.39. The van der Waals surface area contributed by atoms with Gasteiger partial charge in [-0.3, -0.25) is 0 Å². The summed E-state index contributed by atoms with van der Waals surface area (Å²) in [5, 5.41) is 3.01. The smallest absolute Gasteiger partial charge is 0.321 e. The zero-order chi connectivity index (χ0) is 23.2. The van der Waals surface area contributed by atoms with Gasteiger partial charge >= 0.3 is 6.03 Å². The Morgan fingerprint density at radius 3 is 2.24 bits per heavy atom. The van der Waals surface area contributed by atoms with E-state index >= 15 is 0 Å². The second kappa shape index (κ2) is 10.6. The number of nitrogens with zero attached hydrogens (tertiary/aromatic N) is 2. The molecule has 1 heterocycles. The summed E-state index contributed by atoms with van der Waals surface area (Å²) in [4.78, 5) is 17.0. The highest BCUT2D eigenvalue weighted by Crippen LogP contribution is 2.35. The van der Waals surface area contributed by atoms with Crippen LogP contribution in [0.3, 0.4) is 0 Å².